The van der Waals surface area contributed by atoms with Gasteiger partial charge in [-0.05, 0) is 19.8 Å². The molecule has 0 amide bonds. The number of rotatable bonds is 2. The van der Waals surface area contributed by atoms with Crippen molar-refractivity contribution in [1.82, 2.24) is 0 Å². The van der Waals surface area contributed by atoms with E-state index in [1.165, 1.54) is 19.3 Å². The van der Waals surface area contributed by atoms with Crippen LogP contribution in [0.15, 0.2) is 0 Å². The highest BCUT2D eigenvalue weighted by molar-refractivity contribution is 4.90. The summed E-state index contributed by atoms with van der Waals surface area (Å²) in [5, 5.41) is 0. The van der Waals surface area contributed by atoms with Crippen LogP contribution in [0.25, 0.3) is 0 Å². The Labute approximate surface area is 69.1 Å². The predicted octanol–water partition coefficient (Wildman–Crippen LogP) is 1.68. The van der Waals surface area contributed by atoms with E-state index < -0.39 is 0 Å². The zero-order valence-corrected chi connectivity index (χ0v) is 7.60. The third kappa shape index (κ3) is 1.74. The van der Waals surface area contributed by atoms with Gasteiger partial charge in [-0.25, -0.2) is 0 Å². The topological polar surface area (TPSA) is 35.2 Å². The lowest BCUT2D eigenvalue weighted by atomic mass is 9.80. The fourth-order valence-electron chi connectivity index (χ4n) is 2.00. The molecule has 1 atom stereocenters. The molecular weight excluding hydrogens is 138 g/mol. The van der Waals surface area contributed by atoms with Gasteiger partial charge in [0.25, 0.3) is 0 Å². The van der Waals surface area contributed by atoms with Crippen LogP contribution < -0.4 is 5.73 Å². The first-order valence-corrected chi connectivity index (χ1v) is 4.52. The lowest BCUT2D eigenvalue weighted by Crippen LogP contribution is -2.48. The fraction of sp³-hybridized carbons (Fsp3) is 1.00. The van der Waals surface area contributed by atoms with Gasteiger partial charge < -0.3 is 10.5 Å². The molecule has 2 N–H and O–H groups in total. The van der Waals surface area contributed by atoms with E-state index >= 15 is 0 Å². The van der Waals surface area contributed by atoms with Gasteiger partial charge in [0.1, 0.15) is 0 Å². The van der Waals surface area contributed by atoms with E-state index in [9.17, 15) is 0 Å². The first-order valence-electron chi connectivity index (χ1n) is 4.52. The van der Waals surface area contributed by atoms with Crippen molar-refractivity contribution in [2.24, 2.45) is 5.73 Å². The third-order valence-electron chi connectivity index (χ3n) is 2.94. The molecule has 66 valence electrons. The van der Waals surface area contributed by atoms with E-state index in [0.717, 1.165) is 12.8 Å². The van der Waals surface area contributed by atoms with Crippen LogP contribution in [-0.4, -0.2) is 18.8 Å². The Morgan fingerprint density at radius 2 is 1.82 bits per heavy atom. The van der Waals surface area contributed by atoms with Crippen molar-refractivity contribution < 1.29 is 4.74 Å². The smallest absolute Gasteiger partial charge is 0.0826 e. The van der Waals surface area contributed by atoms with Crippen molar-refractivity contribution in [3.05, 3.63) is 0 Å². The molecule has 11 heavy (non-hydrogen) atoms. The Hall–Kier alpha value is -0.0800. The van der Waals surface area contributed by atoms with Crippen molar-refractivity contribution in [3.8, 4) is 0 Å². The van der Waals surface area contributed by atoms with E-state index in [4.69, 9.17) is 10.5 Å². The van der Waals surface area contributed by atoms with Crippen molar-refractivity contribution in [2.75, 3.05) is 7.11 Å². The van der Waals surface area contributed by atoms with Crippen LogP contribution >= 0.6 is 0 Å². The molecule has 0 radical (unpaired) electrons. The molecule has 1 aliphatic carbocycles. The first-order chi connectivity index (χ1) is 5.21. The van der Waals surface area contributed by atoms with Crippen molar-refractivity contribution in [3.63, 3.8) is 0 Å². The molecular formula is C9H19NO. The third-order valence-corrected chi connectivity index (χ3v) is 2.94. The summed E-state index contributed by atoms with van der Waals surface area (Å²) in [7, 11) is 1.79. The molecule has 2 nitrogen and oxygen atoms in total. The van der Waals surface area contributed by atoms with Crippen LogP contribution in [0.4, 0.5) is 0 Å². The Bertz CT molecular complexity index is 117. The SMILES string of the molecule is COC1([C@@H](C)N)CCCCC1. The summed E-state index contributed by atoms with van der Waals surface area (Å²) < 4.78 is 5.52. The number of nitrogens with two attached hydrogens (primary N) is 1. The summed E-state index contributed by atoms with van der Waals surface area (Å²) in [5.74, 6) is 0. The Morgan fingerprint density at radius 3 is 2.09 bits per heavy atom. The van der Waals surface area contributed by atoms with E-state index in [0.29, 0.717) is 0 Å². The zero-order valence-electron chi connectivity index (χ0n) is 7.60. The highest BCUT2D eigenvalue weighted by atomic mass is 16.5. The quantitative estimate of drug-likeness (QED) is 0.662. The van der Waals surface area contributed by atoms with Crippen molar-refractivity contribution in [1.29, 1.82) is 0 Å². The molecule has 0 unspecified atom stereocenters. The standard InChI is InChI=1S/C9H19NO/c1-8(10)9(11-2)6-4-3-5-7-9/h8H,3-7,10H2,1-2H3/t8-/m1/s1. The average molecular weight is 157 g/mol. The van der Waals surface area contributed by atoms with Gasteiger partial charge in [0.05, 0.1) is 5.60 Å². The average Bonchev–Trinajstić information content (AvgIpc) is 2.05. The van der Waals surface area contributed by atoms with Gasteiger partial charge in [0, 0.05) is 13.2 Å². The van der Waals surface area contributed by atoms with Gasteiger partial charge in [-0.15, -0.1) is 0 Å². The molecule has 2 heteroatoms. The number of hydrogen-bond donors (Lipinski definition) is 1. The molecule has 0 aliphatic heterocycles. The van der Waals surface area contributed by atoms with Crippen LogP contribution in [0.1, 0.15) is 39.0 Å². The maximum atomic E-state index is 5.89. The Kier molecular flexibility index (Phi) is 2.90. The molecule has 1 fully saturated rings. The maximum absolute atomic E-state index is 5.89. The van der Waals surface area contributed by atoms with E-state index in [-0.39, 0.29) is 11.6 Å². The number of ether oxygens (including phenoxy) is 1. The summed E-state index contributed by atoms with van der Waals surface area (Å²) in [6, 6.07) is 0.174. The minimum Gasteiger partial charge on any atom is -0.377 e. The van der Waals surface area contributed by atoms with Gasteiger partial charge in [-0.2, -0.15) is 0 Å². The minimum absolute atomic E-state index is 0.00174. The van der Waals surface area contributed by atoms with Crippen LogP contribution in [0, 0.1) is 0 Å². The normalized spacial score (nSPS) is 26.5. The number of methoxy groups -OCH3 is 1. The summed E-state index contributed by atoms with van der Waals surface area (Å²) >= 11 is 0. The lowest BCUT2D eigenvalue weighted by Gasteiger charge is -2.39. The molecule has 1 saturated carbocycles. The van der Waals surface area contributed by atoms with E-state index in [1.54, 1.807) is 7.11 Å². The molecule has 0 bridgehead atoms. The van der Waals surface area contributed by atoms with E-state index in [2.05, 4.69) is 6.92 Å². The summed E-state index contributed by atoms with van der Waals surface area (Å²) in [6.07, 6.45) is 6.17. The number of hydrogen-bond acceptors (Lipinski definition) is 2. The Balaban J connectivity index is 2.57. The van der Waals surface area contributed by atoms with Crippen LogP contribution in [0.5, 0.6) is 0 Å². The lowest BCUT2D eigenvalue weighted by molar-refractivity contribution is -0.0543. The second-order valence-corrected chi connectivity index (χ2v) is 3.62. The highest BCUT2D eigenvalue weighted by Gasteiger charge is 2.35. The summed E-state index contributed by atoms with van der Waals surface area (Å²) in [5.41, 5.74) is 5.89. The largest absolute Gasteiger partial charge is 0.377 e. The van der Waals surface area contributed by atoms with Gasteiger partial charge >= 0.3 is 0 Å². The van der Waals surface area contributed by atoms with E-state index in [1.807, 2.05) is 0 Å². The van der Waals surface area contributed by atoms with Crippen LogP contribution in [0.2, 0.25) is 0 Å². The van der Waals surface area contributed by atoms with Gasteiger partial charge in [0.2, 0.25) is 0 Å². The molecule has 0 aromatic carbocycles. The molecule has 1 aliphatic rings. The first kappa shape index (κ1) is 9.01. The van der Waals surface area contributed by atoms with Gasteiger partial charge in [0.15, 0.2) is 0 Å². The van der Waals surface area contributed by atoms with Gasteiger partial charge in [-0.3, -0.25) is 0 Å². The molecule has 0 aromatic rings. The zero-order chi connectivity index (χ0) is 8.32. The molecule has 0 saturated heterocycles. The highest BCUT2D eigenvalue weighted by Crippen LogP contribution is 2.32. The molecule has 0 aromatic heterocycles. The second-order valence-electron chi connectivity index (χ2n) is 3.62. The van der Waals surface area contributed by atoms with Gasteiger partial charge in [-0.1, -0.05) is 19.3 Å². The predicted molar refractivity (Wildman–Crippen MR) is 46.5 cm³/mol. The fourth-order valence-corrected chi connectivity index (χ4v) is 2.00. The molecule has 1 rings (SSSR count). The van der Waals surface area contributed by atoms with Crippen molar-refractivity contribution in [2.45, 2.75) is 50.7 Å². The summed E-state index contributed by atoms with van der Waals surface area (Å²) in [4.78, 5) is 0. The summed E-state index contributed by atoms with van der Waals surface area (Å²) in [6.45, 7) is 2.05. The minimum atomic E-state index is -0.00174. The second kappa shape index (κ2) is 3.55. The van der Waals surface area contributed by atoms with Crippen LogP contribution in [-0.2, 0) is 4.74 Å². The molecule has 0 heterocycles. The monoisotopic (exact) mass is 157 g/mol. The van der Waals surface area contributed by atoms with Crippen molar-refractivity contribution >= 4 is 0 Å². The molecule has 0 spiro atoms. The van der Waals surface area contributed by atoms with Crippen LogP contribution in [0.3, 0.4) is 0 Å². The Morgan fingerprint density at radius 1 is 1.27 bits per heavy atom. The maximum Gasteiger partial charge on any atom is 0.0826 e.